The summed E-state index contributed by atoms with van der Waals surface area (Å²) in [7, 11) is 0. The van der Waals surface area contributed by atoms with Crippen LogP contribution in [0.1, 0.15) is 35.3 Å². The number of rotatable bonds is 7. The first-order chi connectivity index (χ1) is 18.3. The van der Waals surface area contributed by atoms with E-state index in [1.807, 2.05) is 64.5 Å². The maximum absolute atomic E-state index is 13.4. The predicted molar refractivity (Wildman–Crippen MR) is 153 cm³/mol. The Morgan fingerprint density at radius 1 is 0.921 bits per heavy atom. The number of benzene rings is 4. The van der Waals surface area contributed by atoms with E-state index in [2.05, 4.69) is 41.9 Å². The molecule has 0 aliphatic carbocycles. The zero-order chi connectivity index (χ0) is 26.8. The average molecular weight is 572 g/mol. The quantitative estimate of drug-likeness (QED) is 0.228. The van der Waals surface area contributed by atoms with Crippen molar-refractivity contribution >= 4 is 38.9 Å². The van der Waals surface area contributed by atoms with Crippen molar-refractivity contribution in [1.29, 1.82) is 0 Å². The average Bonchev–Trinajstić information content (AvgIpc) is 3.32. The van der Waals surface area contributed by atoms with E-state index < -0.39 is 6.17 Å². The number of aryl methyl sites for hydroxylation is 2. The van der Waals surface area contributed by atoms with Crippen LogP contribution in [0.2, 0.25) is 0 Å². The van der Waals surface area contributed by atoms with Gasteiger partial charge in [0.1, 0.15) is 18.2 Å². The molecule has 0 unspecified atom stereocenters. The van der Waals surface area contributed by atoms with E-state index in [1.54, 1.807) is 12.1 Å². The summed E-state index contributed by atoms with van der Waals surface area (Å²) in [5.41, 5.74) is 5.64. The molecule has 192 valence electrons. The lowest BCUT2D eigenvalue weighted by Crippen LogP contribution is -2.38. The van der Waals surface area contributed by atoms with Gasteiger partial charge in [-0.15, -0.1) is 5.10 Å². The van der Waals surface area contributed by atoms with E-state index in [0.717, 1.165) is 38.1 Å². The van der Waals surface area contributed by atoms with Crippen LogP contribution in [0.4, 0.5) is 15.8 Å². The van der Waals surface area contributed by atoms with Gasteiger partial charge >= 0.3 is 0 Å². The van der Waals surface area contributed by atoms with Gasteiger partial charge in [0, 0.05) is 22.6 Å². The molecule has 1 heterocycles. The molecule has 1 aliphatic heterocycles. The van der Waals surface area contributed by atoms with Crippen molar-refractivity contribution in [3.63, 3.8) is 0 Å². The molecule has 0 bridgehead atoms. The first kappa shape index (κ1) is 25.7. The van der Waals surface area contributed by atoms with Crippen LogP contribution in [0.3, 0.4) is 0 Å². The summed E-state index contributed by atoms with van der Waals surface area (Å²) in [6.45, 7) is 5.91. The summed E-state index contributed by atoms with van der Waals surface area (Å²) in [5, 5.41) is 6.70. The third-order valence-electron chi connectivity index (χ3n) is 6.57. The standard InChI is InChI=1S/C31H27BrFN3O2/c1-20-9-15-27(17-21(20)2)35-30(22(3)37)34-36(26-7-5-4-6-8-26)31(35)28-18-24(32)12-16-29(28)38-19-23-10-13-25(33)14-11-23/h4-18,31H,19H2,1-3H3/t31-/m1/s1. The highest BCUT2D eigenvalue weighted by Crippen LogP contribution is 2.43. The highest BCUT2D eigenvalue weighted by molar-refractivity contribution is 9.10. The Bertz CT molecular complexity index is 1510. The molecular weight excluding hydrogens is 545 g/mol. The maximum atomic E-state index is 13.4. The molecule has 5 nitrogen and oxygen atoms in total. The minimum Gasteiger partial charge on any atom is -0.488 e. The smallest absolute Gasteiger partial charge is 0.198 e. The Morgan fingerprint density at radius 2 is 1.66 bits per heavy atom. The molecular formula is C31H27BrFN3O2. The highest BCUT2D eigenvalue weighted by Gasteiger charge is 2.40. The first-order valence-corrected chi connectivity index (χ1v) is 13.1. The van der Waals surface area contributed by atoms with Crippen LogP contribution in [0.5, 0.6) is 5.75 Å². The highest BCUT2D eigenvalue weighted by atomic mass is 79.9. The van der Waals surface area contributed by atoms with Gasteiger partial charge in [0.25, 0.3) is 0 Å². The molecule has 0 aromatic heterocycles. The summed E-state index contributed by atoms with van der Waals surface area (Å²) in [5.74, 6) is 0.541. The molecule has 0 saturated carbocycles. The second-order valence-corrected chi connectivity index (χ2v) is 10.2. The fraction of sp³-hybridized carbons (Fsp3) is 0.161. The van der Waals surface area contributed by atoms with Crippen LogP contribution >= 0.6 is 15.9 Å². The molecule has 1 atom stereocenters. The molecule has 7 heteroatoms. The fourth-order valence-corrected chi connectivity index (χ4v) is 4.83. The number of carbonyl (C=O) groups excluding carboxylic acids is 1. The molecule has 1 aliphatic rings. The van der Waals surface area contributed by atoms with Gasteiger partial charge in [-0.3, -0.25) is 9.69 Å². The number of hydrazone groups is 1. The topological polar surface area (TPSA) is 45.1 Å². The lowest BCUT2D eigenvalue weighted by molar-refractivity contribution is -0.111. The van der Waals surface area contributed by atoms with Crippen molar-refractivity contribution in [2.24, 2.45) is 5.10 Å². The zero-order valence-electron chi connectivity index (χ0n) is 21.4. The van der Waals surface area contributed by atoms with Crippen molar-refractivity contribution in [1.82, 2.24) is 0 Å². The molecule has 4 aromatic carbocycles. The summed E-state index contributed by atoms with van der Waals surface area (Å²) in [6.07, 6.45) is -0.501. The minimum atomic E-state index is -0.501. The summed E-state index contributed by atoms with van der Waals surface area (Å²) in [4.78, 5) is 14.9. The van der Waals surface area contributed by atoms with Gasteiger partial charge in [-0.2, -0.15) is 0 Å². The Labute approximate surface area is 230 Å². The number of halogens is 2. The number of nitrogens with zero attached hydrogens (tertiary/aromatic N) is 3. The number of amidine groups is 1. The van der Waals surface area contributed by atoms with Gasteiger partial charge in [0.2, 0.25) is 0 Å². The van der Waals surface area contributed by atoms with E-state index in [1.165, 1.54) is 19.1 Å². The molecule has 0 spiro atoms. The molecule has 5 rings (SSSR count). The normalized spacial score (nSPS) is 15.0. The monoisotopic (exact) mass is 571 g/mol. The van der Waals surface area contributed by atoms with Crippen LogP contribution in [-0.4, -0.2) is 11.6 Å². The number of anilines is 2. The lowest BCUT2D eigenvalue weighted by atomic mass is 10.1. The number of ketones is 1. The number of carbonyl (C=O) groups is 1. The Balaban J connectivity index is 1.65. The fourth-order valence-electron chi connectivity index (χ4n) is 4.45. The zero-order valence-corrected chi connectivity index (χ0v) is 22.9. The predicted octanol–water partition coefficient (Wildman–Crippen LogP) is 7.71. The van der Waals surface area contributed by atoms with Gasteiger partial charge in [0.15, 0.2) is 17.8 Å². The van der Waals surface area contributed by atoms with Crippen LogP contribution < -0.4 is 14.6 Å². The van der Waals surface area contributed by atoms with E-state index >= 15 is 0 Å². The van der Waals surface area contributed by atoms with E-state index in [4.69, 9.17) is 9.84 Å². The first-order valence-electron chi connectivity index (χ1n) is 12.3. The minimum absolute atomic E-state index is 0.143. The van der Waals surface area contributed by atoms with Crippen molar-refractivity contribution in [2.75, 3.05) is 9.91 Å². The second-order valence-electron chi connectivity index (χ2n) is 9.27. The maximum Gasteiger partial charge on any atom is 0.198 e. The van der Waals surface area contributed by atoms with Crippen molar-refractivity contribution < 1.29 is 13.9 Å². The summed E-state index contributed by atoms with van der Waals surface area (Å²) >= 11 is 3.63. The molecule has 0 N–H and O–H groups in total. The largest absolute Gasteiger partial charge is 0.488 e. The molecule has 0 saturated heterocycles. The SMILES string of the molecule is CC(=O)C1=NN(c2ccccc2)[C@H](c2cc(Br)ccc2OCc2ccc(F)cc2)N1c1ccc(C)c(C)c1. The van der Waals surface area contributed by atoms with Gasteiger partial charge in [-0.05, 0) is 85.1 Å². The molecule has 38 heavy (non-hydrogen) atoms. The number of hydrogen-bond donors (Lipinski definition) is 0. The third kappa shape index (κ3) is 5.20. The molecule has 0 amide bonds. The van der Waals surface area contributed by atoms with Gasteiger partial charge in [-0.25, -0.2) is 9.40 Å². The Hall–Kier alpha value is -3.97. The van der Waals surface area contributed by atoms with Gasteiger partial charge < -0.3 is 4.74 Å². The van der Waals surface area contributed by atoms with Crippen LogP contribution in [0.15, 0.2) is 101 Å². The molecule has 0 radical (unpaired) electrons. The van der Waals surface area contributed by atoms with Crippen molar-refractivity contribution in [3.8, 4) is 5.75 Å². The van der Waals surface area contributed by atoms with Crippen molar-refractivity contribution in [2.45, 2.75) is 33.5 Å². The summed E-state index contributed by atoms with van der Waals surface area (Å²) in [6, 6.07) is 28.0. The van der Waals surface area contributed by atoms with E-state index in [-0.39, 0.29) is 18.2 Å². The molecule has 4 aromatic rings. The number of para-hydroxylation sites is 1. The Morgan fingerprint density at radius 3 is 2.34 bits per heavy atom. The Kier molecular flexibility index (Phi) is 7.29. The molecule has 0 fully saturated rings. The third-order valence-corrected chi connectivity index (χ3v) is 7.06. The number of hydrogen-bond acceptors (Lipinski definition) is 5. The van der Waals surface area contributed by atoms with Crippen LogP contribution in [0.25, 0.3) is 0 Å². The van der Waals surface area contributed by atoms with Gasteiger partial charge in [-0.1, -0.05) is 52.3 Å². The van der Waals surface area contributed by atoms with E-state index in [0.29, 0.717) is 11.6 Å². The lowest BCUT2D eigenvalue weighted by Gasteiger charge is -2.33. The van der Waals surface area contributed by atoms with Crippen LogP contribution in [0, 0.1) is 19.7 Å². The summed E-state index contributed by atoms with van der Waals surface area (Å²) < 4.78 is 20.6. The van der Waals surface area contributed by atoms with Gasteiger partial charge in [0.05, 0.1) is 5.69 Å². The van der Waals surface area contributed by atoms with Crippen LogP contribution in [-0.2, 0) is 11.4 Å². The number of Topliss-reactive ketones (excluding diaryl/α,β-unsaturated/α-hetero) is 1. The second kappa shape index (κ2) is 10.8. The van der Waals surface area contributed by atoms with E-state index in [9.17, 15) is 9.18 Å². The number of ether oxygens (including phenoxy) is 1. The van der Waals surface area contributed by atoms with Crippen molar-refractivity contribution in [3.05, 3.63) is 124 Å².